The Labute approximate surface area is 116 Å². The molecule has 0 radical (unpaired) electrons. The third-order valence-corrected chi connectivity index (χ3v) is 2.60. The molecule has 19 heavy (non-hydrogen) atoms. The summed E-state index contributed by atoms with van der Waals surface area (Å²) in [5.74, 6) is 0. The molecular weight excluding hydrogens is 266 g/mol. The molecule has 0 saturated heterocycles. The zero-order valence-electron chi connectivity index (χ0n) is 10.5. The minimum absolute atomic E-state index is 0.0601. The highest BCUT2D eigenvalue weighted by molar-refractivity contribution is 6.28. The van der Waals surface area contributed by atoms with Gasteiger partial charge in [-0.05, 0) is 30.0 Å². The molecule has 0 N–H and O–H groups in total. The van der Waals surface area contributed by atoms with Gasteiger partial charge in [0, 0.05) is 0 Å². The van der Waals surface area contributed by atoms with Crippen LogP contribution in [0, 0.1) is 0 Å². The first kappa shape index (κ1) is 13.5. The number of benzene rings is 1. The molecule has 1 aromatic heterocycles. The summed E-state index contributed by atoms with van der Waals surface area (Å²) in [6.45, 7) is 0.512. The summed E-state index contributed by atoms with van der Waals surface area (Å²) < 4.78 is 10.3. The predicted molar refractivity (Wildman–Crippen MR) is 71.6 cm³/mol. The van der Waals surface area contributed by atoms with Gasteiger partial charge in [-0.25, -0.2) is 0 Å². The number of nitrogens with zero attached hydrogens (tertiary/aromatic N) is 3. The summed E-state index contributed by atoms with van der Waals surface area (Å²) in [6.07, 6.45) is 1.81. The van der Waals surface area contributed by atoms with Gasteiger partial charge in [0.1, 0.15) is 0 Å². The second-order valence-corrected chi connectivity index (χ2v) is 4.15. The third kappa shape index (κ3) is 4.37. The van der Waals surface area contributed by atoms with Crippen molar-refractivity contribution in [3.63, 3.8) is 0 Å². The van der Waals surface area contributed by atoms with Crippen LogP contribution < -0.4 is 9.47 Å². The van der Waals surface area contributed by atoms with Crippen molar-refractivity contribution in [1.29, 1.82) is 0 Å². The quantitative estimate of drug-likeness (QED) is 0.761. The molecule has 1 heterocycles. The van der Waals surface area contributed by atoms with Crippen LogP contribution in [-0.4, -0.2) is 28.7 Å². The highest BCUT2D eigenvalue weighted by Gasteiger charge is 2.05. The lowest BCUT2D eigenvalue weighted by Gasteiger charge is -2.05. The van der Waals surface area contributed by atoms with Crippen molar-refractivity contribution in [2.75, 3.05) is 13.7 Å². The molecule has 0 spiro atoms. The average Bonchev–Trinajstić information content (AvgIpc) is 2.44. The van der Waals surface area contributed by atoms with E-state index in [1.165, 1.54) is 12.7 Å². The van der Waals surface area contributed by atoms with E-state index in [2.05, 4.69) is 27.1 Å². The Morgan fingerprint density at radius 3 is 2.53 bits per heavy atom. The number of halogens is 1. The number of ether oxygens (including phenoxy) is 2. The third-order valence-electron chi connectivity index (χ3n) is 2.43. The van der Waals surface area contributed by atoms with Crippen molar-refractivity contribution in [3.8, 4) is 12.0 Å². The van der Waals surface area contributed by atoms with Crippen LogP contribution in [0.2, 0.25) is 5.28 Å². The fourth-order valence-corrected chi connectivity index (χ4v) is 1.70. The monoisotopic (exact) mass is 279 g/mol. The summed E-state index contributed by atoms with van der Waals surface area (Å²) in [6, 6.07) is 10.5. The van der Waals surface area contributed by atoms with E-state index >= 15 is 0 Å². The molecule has 0 saturated carbocycles. The van der Waals surface area contributed by atoms with E-state index in [1.54, 1.807) is 0 Å². The first-order valence-electron chi connectivity index (χ1n) is 5.90. The van der Waals surface area contributed by atoms with Gasteiger partial charge in [0.25, 0.3) is 0 Å². The highest BCUT2D eigenvalue weighted by Crippen LogP contribution is 2.13. The Kier molecular flexibility index (Phi) is 4.92. The van der Waals surface area contributed by atoms with Crippen molar-refractivity contribution < 1.29 is 9.47 Å². The van der Waals surface area contributed by atoms with E-state index in [-0.39, 0.29) is 17.3 Å². The van der Waals surface area contributed by atoms with Gasteiger partial charge >= 0.3 is 12.0 Å². The molecule has 0 aliphatic heterocycles. The van der Waals surface area contributed by atoms with Gasteiger partial charge in [-0.2, -0.15) is 9.97 Å². The van der Waals surface area contributed by atoms with Crippen LogP contribution in [0.15, 0.2) is 30.3 Å². The maximum atomic E-state index is 5.72. The number of rotatable bonds is 6. The van der Waals surface area contributed by atoms with Crippen LogP contribution in [0.3, 0.4) is 0 Å². The second kappa shape index (κ2) is 6.89. The topological polar surface area (TPSA) is 57.1 Å². The van der Waals surface area contributed by atoms with Crippen molar-refractivity contribution in [3.05, 3.63) is 41.2 Å². The van der Waals surface area contributed by atoms with Gasteiger partial charge < -0.3 is 9.47 Å². The molecule has 1 aromatic carbocycles. The molecule has 2 rings (SSSR count). The summed E-state index contributed by atoms with van der Waals surface area (Å²) in [4.78, 5) is 11.6. The lowest BCUT2D eigenvalue weighted by molar-refractivity contribution is 0.276. The molecule has 0 aliphatic rings. The molecule has 0 aliphatic carbocycles. The molecule has 2 aromatic rings. The maximum absolute atomic E-state index is 5.72. The van der Waals surface area contributed by atoms with Crippen molar-refractivity contribution in [2.24, 2.45) is 0 Å². The second-order valence-electron chi connectivity index (χ2n) is 3.81. The van der Waals surface area contributed by atoms with Gasteiger partial charge in [0.05, 0.1) is 13.7 Å². The summed E-state index contributed by atoms with van der Waals surface area (Å²) in [5.41, 5.74) is 1.28. The normalized spacial score (nSPS) is 10.2. The van der Waals surface area contributed by atoms with Crippen LogP contribution in [0.1, 0.15) is 12.0 Å². The molecule has 0 bridgehead atoms. The first-order chi connectivity index (χ1) is 9.28. The van der Waals surface area contributed by atoms with Gasteiger partial charge in [-0.1, -0.05) is 30.3 Å². The standard InChI is InChI=1S/C13H14ClN3O2/c1-18-12-15-11(14)16-13(17-12)19-9-5-8-10-6-3-2-4-7-10/h2-4,6-7H,5,8-9H2,1H3. The highest BCUT2D eigenvalue weighted by atomic mass is 35.5. The smallest absolute Gasteiger partial charge is 0.323 e. The number of aryl methyl sites for hydroxylation is 1. The SMILES string of the molecule is COc1nc(Cl)nc(OCCCc2ccccc2)n1. The fourth-order valence-electron chi connectivity index (χ4n) is 1.55. The van der Waals surface area contributed by atoms with E-state index < -0.39 is 0 Å². The Morgan fingerprint density at radius 2 is 1.79 bits per heavy atom. The largest absolute Gasteiger partial charge is 0.467 e. The minimum atomic E-state index is 0.0601. The maximum Gasteiger partial charge on any atom is 0.323 e. The lowest BCUT2D eigenvalue weighted by atomic mass is 10.1. The van der Waals surface area contributed by atoms with Crippen LogP contribution in [0.4, 0.5) is 0 Å². The molecule has 6 heteroatoms. The van der Waals surface area contributed by atoms with E-state index in [0.29, 0.717) is 6.61 Å². The Bertz CT molecular complexity index is 523. The van der Waals surface area contributed by atoms with E-state index in [4.69, 9.17) is 21.1 Å². The lowest BCUT2D eigenvalue weighted by Crippen LogP contribution is -2.05. The molecule has 0 unspecified atom stereocenters. The molecular formula is C13H14ClN3O2. The minimum Gasteiger partial charge on any atom is -0.467 e. The van der Waals surface area contributed by atoms with Gasteiger partial charge in [-0.3, -0.25) is 0 Å². The summed E-state index contributed by atoms with van der Waals surface area (Å²) in [7, 11) is 1.46. The predicted octanol–water partition coefficient (Wildman–Crippen LogP) is 2.55. The molecule has 0 amide bonds. The molecule has 0 atom stereocenters. The van der Waals surface area contributed by atoms with E-state index in [1.807, 2.05) is 18.2 Å². The van der Waals surface area contributed by atoms with Gasteiger partial charge in [-0.15, -0.1) is 4.98 Å². The number of hydrogen-bond acceptors (Lipinski definition) is 5. The number of aromatic nitrogens is 3. The van der Waals surface area contributed by atoms with Crippen molar-refractivity contribution in [2.45, 2.75) is 12.8 Å². The Morgan fingerprint density at radius 1 is 1.05 bits per heavy atom. The molecule has 100 valence electrons. The van der Waals surface area contributed by atoms with E-state index in [9.17, 15) is 0 Å². The number of hydrogen-bond donors (Lipinski definition) is 0. The molecule has 5 nitrogen and oxygen atoms in total. The van der Waals surface area contributed by atoms with Crippen LogP contribution in [-0.2, 0) is 6.42 Å². The van der Waals surface area contributed by atoms with Crippen LogP contribution >= 0.6 is 11.6 Å². The Balaban J connectivity index is 1.81. The average molecular weight is 280 g/mol. The van der Waals surface area contributed by atoms with Crippen molar-refractivity contribution in [1.82, 2.24) is 15.0 Å². The zero-order valence-corrected chi connectivity index (χ0v) is 11.3. The van der Waals surface area contributed by atoms with Crippen LogP contribution in [0.25, 0.3) is 0 Å². The molecule has 0 fully saturated rings. The fraction of sp³-hybridized carbons (Fsp3) is 0.308. The zero-order chi connectivity index (χ0) is 13.5. The van der Waals surface area contributed by atoms with Crippen molar-refractivity contribution >= 4 is 11.6 Å². The van der Waals surface area contributed by atoms with Gasteiger partial charge in [0.15, 0.2) is 0 Å². The van der Waals surface area contributed by atoms with Crippen LogP contribution in [0.5, 0.6) is 12.0 Å². The summed E-state index contributed by atoms with van der Waals surface area (Å²) in [5, 5.41) is 0.0601. The van der Waals surface area contributed by atoms with Gasteiger partial charge in [0.2, 0.25) is 5.28 Å². The number of methoxy groups -OCH3 is 1. The first-order valence-corrected chi connectivity index (χ1v) is 6.28. The Hall–Kier alpha value is -1.88. The van der Waals surface area contributed by atoms with E-state index in [0.717, 1.165) is 12.8 Å². The summed E-state index contributed by atoms with van der Waals surface area (Å²) >= 11 is 5.72.